The summed E-state index contributed by atoms with van der Waals surface area (Å²) in [7, 11) is 0. The van der Waals surface area contributed by atoms with Gasteiger partial charge in [-0.15, -0.1) is 0 Å². The van der Waals surface area contributed by atoms with E-state index in [0.717, 1.165) is 32.4 Å². The molecule has 1 unspecified atom stereocenters. The molecular formula is C31H38F6N2. The van der Waals surface area contributed by atoms with E-state index in [1.807, 2.05) is 18.2 Å². The molecule has 0 aliphatic heterocycles. The van der Waals surface area contributed by atoms with Crippen molar-refractivity contribution >= 4 is 0 Å². The molecule has 0 spiro atoms. The van der Waals surface area contributed by atoms with Gasteiger partial charge in [0.25, 0.3) is 0 Å². The molecule has 1 atom stereocenters. The Balaban J connectivity index is 0.00000134. The first-order valence-electron chi connectivity index (χ1n) is 13.7. The van der Waals surface area contributed by atoms with E-state index < -0.39 is 23.2 Å². The molecule has 2 fully saturated rings. The average molecular weight is 553 g/mol. The highest BCUT2D eigenvalue weighted by Crippen LogP contribution is 2.66. The van der Waals surface area contributed by atoms with Crippen LogP contribution in [0, 0.1) is 11.3 Å². The Morgan fingerprint density at radius 1 is 0.821 bits per heavy atom. The lowest BCUT2D eigenvalue weighted by molar-refractivity contribution is -0.167. The second-order valence-corrected chi connectivity index (χ2v) is 10.9. The second-order valence-electron chi connectivity index (χ2n) is 10.9. The lowest BCUT2D eigenvalue weighted by Crippen LogP contribution is -2.36. The maximum absolute atomic E-state index is 14.0. The fourth-order valence-corrected chi connectivity index (χ4v) is 5.54. The lowest BCUT2D eigenvalue weighted by Gasteiger charge is -2.30. The summed E-state index contributed by atoms with van der Waals surface area (Å²) in [4.78, 5) is 2.39. The van der Waals surface area contributed by atoms with Gasteiger partial charge < -0.3 is 4.90 Å². The van der Waals surface area contributed by atoms with E-state index in [4.69, 9.17) is 5.26 Å². The minimum absolute atomic E-state index is 0.135. The Hall–Kier alpha value is -2.53. The van der Waals surface area contributed by atoms with Crippen LogP contribution in [0.25, 0.3) is 0 Å². The Bertz CT molecular complexity index is 1110. The predicted octanol–water partition coefficient (Wildman–Crippen LogP) is 8.68. The largest absolute Gasteiger partial charge is 0.398 e. The number of nitriles is 1. The molecular weight excluding hydrogens is 514 g/mol. The summed E-state index contributed by atoms with van der Waals surface area (Å²) in [6, 6.07) is 16.6. The van der Waals surface area contributed by atoms with Crippen LogP contribution in [0.3, 0.4) is 0 Å². The van der Waals surface area contributed by atoms with Crippen molar-refractivity contribution in [2.45, 2.75) is 101 Å². The Morgan fingerprint density at radius 3 is 1.85 bits per heavy atom. The van der Waals surface area contributed by atoms with Crippen LogP contribution in [0.15, 0.2) is 48.5 Å². The van der Waals surface area contributed by atoms with E-state index in [9.17, 15) is 26.3 Å². The summed E-state index contributed by atoms with van der Waals surface area (Å²) in [6.45, 7) is 7.47. The van der Waals surface area contributed by atoms with Gasteiger partial charge in [0, 0.05) is 19.5 Å². The van der Waals surface area contributed by atoms with Gasteiger partial charge in [0.1, 0.15) is 0 Å². The number of hydrogen-bond donors (Lipinski definition) is 0. The van der Waals surface area contributed by atoms with Gasteiger partial charge in [-0.25, -0.2) is 0 Å². The zero-order valence-electron chi connectivity index (χ0n) is 22.9. The van der Waals surface area contributed by atoms with Crippen LogP contribution >= 0.6 is 0 Å². The van der Waals surface area contributed by atoms with Crippen LogP contribution in [0.4, 0.5) is 26.3 Å². The van der Waals surface area contributed by atoms with Gasteiger partial charge >= 0.3 is 12.4 Å². The van der Waals surface area contributed by atoms with Crippen molar-refractivity contribution in [1.82, 2.24) is 4.90 Å². The standard InChI is InChI=1S/C29H35F6N.C2H3N/c1-3-18-36(19-13-22-7-5-4-6-8-22)21(2)9-10-23-11-12-24(26(14-15-26)28(30,31)32)25(20-23)27(16-17-27)29(33,34)35;1-2-3/h4-8,11-12,20-21H,3,9-10,13-19H2,1-2H3;1H3. The molecule has 0 bridgehead atoms. The van der Waals surface area contributed by atoms with E-state index in [-0.39, 0.29) is 42.9 Å². The zero-order chi connectivity index (χ0) is 28.9. The van der Waals surface area contributed by atoms with E-state index >= 15 is 0 Å². The molecule has 8 heteroatoms. The minimum Gasteiger partial charge on any atom is -0.300 e. The van der Waals surface area contributed by atoms with Crippen molar-refractivity contribution in [3.63, 3.8) is 0 Å². The normalized spacial score (nSPS) is 18.1. The monoisotopic (exact) mass is 552 g/mol. The fourth-order valence-electron chi connectivity index (χ4n) is 5.54. The third-order valence-electron chi connectivity index (χ3n) is 8.22. The van der Waals surface area contributed by atoms with Crippen LogP contribution < -0.4 is 0 Å². The van der Waals surface area contributed by atoms with Gasteiger partial charge in [-0.3, -0.25) is 0 Å². The molecule has 2 saturated carbocycles. The Kier molecular flexibility index (Phi) is 9.80. The molecule has 0 N–H and O–H groups in total. The predicted molar refractivity (Wildman–Crippen MR) is 141 cm³/mol. The molecule has 0 aromatic heterocycles. The highest BCUT2D eigenvalue weighted by atomic mass is 19.4. The molecule has 4 rings (SSSR count). The van der Waals surface area contributed by atoms with Crippen molar-refractivity contribution < 1.29 is 26.3 Å². The van der Waals surface area contributed by atoms with Crippen LogP contribution in [0.1, 0.15) is 81.5 Å². The molecule has 0 amide bonds. The molecule has 39 heavy (non-hydrogen) atoms. The number of benzene rings is 2. The van der Waals surface area contributed by atoms with Crippen molar-refractivity contribution in [3.05, 3.63) is 70.8 Å². The second kappa shape index (κ2) is 12.3. The van der Waals surface area contributed by atoms with E-state index in [1.54, 1.807) is 12.1 Å². The molecule has 2 aliphatic carbocycles. The molecule has 0 radical (unpaired) electrons. The van der Waals surface area contributed by atoms with Gasteiger partial charge in [-0.2, -0.15) is 31.6 Å². The topological polar surface area (TPSA) is 27.0 Å². The molecule has 2 aromatic rings. The Morgan fingerprint density at radius 2 is 1.36 bits per heavy atom. The van der Waals surface area contributed by atoms with Gasteiger partial charge in [0.2, 0.25) is 0 Å². The number of aryl methyl sites for hydroxylation is 1. The van der Waals surface area contributed by atoms with Crippen LogP contribution in [0.2, 0.25) is 0 Å². The van der Waals surface area contributed by atoms with Gasteiger partial charge in [0.15, 0.2) is 0 Å². The van der Waals surface area contributed by atoms with Crippen LogP contribution in [-0.4, -0.2) is 36.4 Å². The summed E-state index contributed by atoms with van der Waals surface area (Å²) in [5.74, 6) is 0. The lowest BCUT2D eigenvalue weighted by atomic mass is 9.81. The summed E-state index contributed by atoms with van der Waals surface area (Å²) in [5.41, 5.74) is -2.60. The van der Waals surface area contributed by atoms with Crippen molar-refractivity contribution in [3.8, 4) is 6.07 Å². The van der Waals surface area contributed by atoms with E-state index in [1.165, 1.54) is 24.6 Å². The van der Waals surface area contributed by atoms with Crippen molar-refractivity contribution in [2.75, 3.05) is 13.1 Å². The molecule has 0 heterocycles. The minimum atomic E-state index is -4.55. The Labute approximate surface area is 228 Å². The van der Waals surface area contributed by atoms with Gasteiger partial charge in [-0.05, 0) is 87.1 Å². The number of hydrogen-bond acceptors (Lipinski definition) is 2. The molecule has 2 nitrogen and oxygen atoms in total. The third-order valence-corrected chi connectivity index (χ3v) is 8.22. The average Bonchev–Trinajstić information content (AvgIpc) is 3.79. The maximum atomic E-state index is 14.0. The van der Waals surface area contributed by atoms with Gasteiger partial charge in [0.05, 0.1) is 16.9 Å². The summed E-state index contributed by atoms with van der Waals surface area (Å²) < 4.78 is 83.8. The van der Waals surface area contributed by atoms with E-state index in [2.05, 4.69) is 30.9 Å². The van der Waals surface area contributed by atoms with Crippen molar-refractivity contribution in [1.29, 1.82) is 5.26 Å². The first-order chi connectivity index (χ1) is 18.3. The molecule has 2 aromatic carbocycles. The quantitative estimate of drug-likeness (QED) is 0.261. The SMILES string of the molecule is CC#N.CCCN(CCc1ccccc1)C(C)CCc1ccc(C2(C(F)(F)F)CC2)c(C2(C(F)(F)F)CC2)c1. The first kappa shape index (κ1) is 31.0. The number of rotatable bonds is 11. The summed E-state index contributed by atoms with van der Waals surface area (Å²) >= 11 is 0. The first-order valence-corrected chi connectivity index (χ1v) is 13.7. The number of nitrogens with zero attached hydrogens (tertiary/aromatic N) is 2. The highest BCUT2D eigenvalue weighted by Gasteiger charge is 2.70. The molecule has 2 aliphatic rings. The number of alkyl halides is 6. The highest BCUT2D eigenvalue weighted by molar-refractivity contribution is 5.50. The van der Waals surface area contributed by atoms with Crippen LogP contribution in [-0.2, 0) is 23.7 Å². The van der Waals surface area contributed by atoms with Gasteiger partial charge in [-0.1, -0.05) is 55.5 Å². The maximum Gasteiger partial charge on any atom is 0.398 e. The summed E-state index contributed by atoms with van der Waals surface area (Å²) in [5, 5.41) is 7.32. The third kappa shape index (κ3) is 6.98. The molecule has 0 saturated heterocycles. The van der Waals surface area contributed by atoms with Crippen LogP contribution in [0.5, 0.6) is 0 Å². The summed E-state index contributed by atoms with van der Waals surface area (Å²) in [6.07, 6.45) is -6.47. The zero-order valence-corrected chi connectivity index (χ0v) is 22.9. The van der Waals surface area contributed by atoms with E-state index in [0.29, 0.717) is 12.0 Å². The smallest absolute Gasteiger partial charge is 0.300 e. The fraction of sp³-hybridized carbons (Fsp3) is 0.581. The van der Waals surface area contributed by atoms with Crippen molar-refractivity contribution in [2.24, 2.45) is 0 Å². The molecule has 214 valence electrons. The number of halogens is 6.